The van der Waals surface area contributed by atoms with E-state index in [2.05, 4.69) is 38.9 Å². The molecule has 0 bridgehead atoms. The molecule has 2 aromatic carbocycles. The summed E-state index contributed by atoms with van der Waals surface area (Å²) in [5.74, 6) is -4.44. The lowest BCUT2D eigenvalue weighted by Crippen LogP contribution is -2.66. The van der Waals surface area contributed by atoms with Gasteiger partial charge in [-0.05, 0) is 55.2 Å². The van der Waals surface area contributed by atoms with Crippen molar-refractivity contribution in [1.29, 1.82) is 0 Å². The second-order valence-electron chi connectivity index (χ2n) is 15.1. The fourth-order valence-corrected chi connectivity index (χ4v) is 9.71. The number of ketones is 2. The highest BCUT2D eigenvalue weighted by Gasteiger charge is 2.70. The minimum atomic E-state index is -2.72. The Morgan fingerprint density at radius 3 is 2.24 bits per heavy atom. The Labute approximate surface area is 298 Å². The molecule has 0 unspecified atom stereocenters. The van der Waals surface area contributed by atoms with Crippen LogP contribution in [0.2, 0.25) is 0 Å². The Morgan fingerprint density at radius 1 is 0.941 bits per heavy atom. The van der Waals surface area contributed by atoms with Crippen LogP contribution in [0.3, 0.4) is 0 Å². The van der Waals surface area contributed by atoms with Gasteiger partial charge in [0.2, 0.25) is 17.4 Å². The highest BCUT2D eigenvalue weighted by Crippen LogP contribution is 2.67. The van der Waals surface area contributed by atoms with Gasteiger partial charge in [0.1, 0.15) is 22.8 Å². The number of methoxy groups -OCH3 is 3. The summed E-state index contributed by atoms with van der Waals surface area (Å²) in [7, 11) is 4.47. The third-order valence-electron chi connectivity index (χ3n) is 12.4. The lowest BCUT2D eigenvalue weighted by molar-refractivity contribution is -0.275. The van der Waals surface area contributed by atoms with E-state index < -0.39 is 40.0 Å². The molecular formula is C40H49NO10. The van der Waals surface area contributed by atoms with Crippen molar-refractivity contribution in [1.82, 2.24) is 5.16 Å². The van der Waals surface area contributed by atoms with E-state index in [1.54, 1.807) is 13.2 Å². The molecule has 0 aliphatic heterocycles. The number of phenols is 1. The average Bonchev–Trinajstić information content (AvgIpc) is 3.69. The summed E-state index contributed by atoms with van der Waals surface area (Å²) < 4.78 is 36.6. The van der Waals surface area contributed by atoms with Gasteiger partial charge in [0.25, 0.3) is 5.88 Å². The van der Waals surface area contributed by atoms with Gasteiger partial charge >= 0.3 is 0 Å². The van der Waals surface area contributed by atoms with E-state index in [0.717, 1.165) is 43.2 Å². The second-order valence-corrected chi connectivity index (χ2v) is 15.1. The molecule has 0 radical (unpaired) electrons. The van der Waals surface area contributed by atoms with Crippen molar-refractivity contribution >= 4 is 22.3 Å². The smallest absolute Gasteiger partial charge is 0.265 e. The Kier molecular flexibility index (Phi) is 8.59. The molecule has 4 aliphatic rings. The number of carbonyl (C=O) groups excluding carboxylic acids is 2. The Balaban J connectivity index is 1.58. The van der Waals surface area contributed by atoms with Crippen molar-refractivity contribution in [2.75, 3.05) is 34.5 Å². The molecule has 274 valence electrons. The molecule has 0 saturated heterocycles. The van der Waals surface area contributed by atoms with Crippen LogP contribution in [0.5, 0.6) is 23.1 Å². The number of rotatable bonds is 11. The molecule has 4 aliphatic carbocycles. The largest absolute Gasteiger partial charge is 0.506 e. The number of aromatic hydroxyl groups is 1. The Hall–Kier alpha value is -3.93. The molecule has 0 saturated carbocycles. The average molecular weight is 704 g/mol. The molecule has 1 aromatic heterocycles. The number of carbonyl (C=O) groups is 2. The van der Waals surface area contributed by atoms with E-state index in [-0.39, 0.29) is 46.8 Å². The van der Waals surface area contributed by atoms with Crippen molar-refractivity contribution in [2.24, 2.45) is 11.3 Å². The van der Waals surface area contributed by atoms with Gasteiger partial charge in [-0.25, -0.2) is 0 Å². The molecular weight excluding hydrogens is 654 g/mol. The van der Waals surface area contributed by atoms with E-state index in [1.807, 2.05) is 6.92 Å². The Morgan fingerprint density at radius 2 is 1.61 bits per heavy atom. The first-order valence-electron chi connectivity index (χ1n) is 18.1. The van der Waals surface area contributed by atoms with Gasteiger partial charge in [0, 0.05) is 48.6 Å². The summed E-state index contributed by atoms with van der Waals surface area (Å²) >= 11 is 0. The zero-order valence-electron chi connectivity index (χ0n) is 30.9. The maximum atomic E-state index is 15.1. The van der Waals surface area contributed by atoms with E-state index >= 15 is 4.79 Å². The minimum absolute atomic E-state index is 0.0808. The third kappa shape index (κ3) is 4.43. The van der Waals surface area contributed by atoms with Crippen molar-refractivity contribution < 1.29 is 48.0 Å². The zero-order valence-corrected chi connectivity index (χ0v) is 30.9. The lowest BCUT2D eigenvalue weighted by atomic mass is 9.54. The van der Waals surface area contributed by atoms with Crippen molar-refractivity contribution in [2.45, 2.75) is 103 Å². The van der Waals surface area contributed by atoms with Crippen LogP contribution < -0.4 is 14.2 Å². The molecule has 3 aromatic rings. The number of hydrogen-bond donors (Lipinski definition) is 2. The van der Waals surface area contributed by atoms with Crippen LogP contribution in [0.1, 0.15) is 116 Å². The number of hydrogen-bond acceptors (Lipinski definition) is 11. The number of fused-ring (bicyclic) bond motifs is 5. The van der Waals surface area contributed by atoms with E-state index in [1.165, 1.54) is 14.2 Å². The predicted octanol–water partition coefficient (Wildman–Crippen LogP) is 6.89. The van der Waals surface area contributed by atoms with Crippen molar-refractivity contribution in [3.63, 3.8) is 0 Å². The van der Waals surface area contributed by atoms with Crippen molar-refractivity contribution in [3.05, 3.63) is 51.3 Å². The fourth-order valence-electron chi connectivity index (χ4n) is 9.71. The summed E-state index contributed by atoms with van der Waals surface area (Å²) in [4.78, 5) is 29.7. The molecule has 11 nitrogen and oxygen atoms in total. The van der Waals surface area contributed by atoms with Gasteiger partial charge in [-0.3, -0.25) is 9.59 Å². The topological polar surface area (TPSA) is 147 Å². The highest BCUT2D eigenvalue weighted by atomic mass is 16.7. The number of aromatic nitrogens is 1. The molecule has 3 atom stereocenters. The highest BCUT2D eigenvalue weighted by molar-refractivity contribution is 6.28. The normalized spacial score (nSPS) is 25.4. The molecule has 1 heterocycles. The van der Waals surface area contributed by atoms with E-state index in [0.29, 0.717) is 47.3 Å². The van der Waals surface area contributed by atoms with Crippen LogP contribution in [0.15, 0.2) is 22.2 Å². The summed E-state index contributed by atoms with van der Waals surface area (Å²) in [6, 6.07) is 1.80. The lowest BCUT2D eigenvalue weighted by Gasteiger charge is -2.51. The third-order valence-corrected chi connectivity index (χ3v) is 12.4. The first kappa shape index (κ1) is 35.5. The first-order chi connectivity index (χ1) is 24.4. The monoisotopic (exact) mass is 703 g/mol. The summed E-state index contributed by atoms with van der Waals surface area (Å²) in [5.41, 5.74) is -0.878. The molecule has 51 heavy (non-hydrogen) atoms. The van der Waals surface area contributed by atoms with Gasteiger partial charge < -0.3 is 38.4 Å². The maximum Gasteiger partial charge on any atom is 0.265 e. The van der Waals surface area contributed by atoms with Crippen LogP contribution in [0.4, 0.5) is 0 Å². The number of aliphatic hydroxyl groups is 1. The molecule has 1 spiro atoms. The van der Waals surface area contributed by atoms with Gasteiger partial charge in [-0.2, -0.15) is 0 Å². The quantitative estimate of drug-likeness (QED) is 0.0932. The van der Waals surface area contributed by atoms with E-state index in [4.69, 9.17) is 28.2 Å². The minimum Gasteiger partial charge on any atom is -0.506 e. The van der Waals surface area contributed by atoms with Gasteiger partial charge in [-0.1, -0.05) is 52.2 Å². The van der Waals surface area contributed by atoms with Crippen LogP contribution >= 0.6 is 0 Å². The molecule has 11 heteroatoms. The number of allylic oxidation sites excluding steroid dienone is 2. The standard InChI is InChI=1S/C40H49NO10/c1-9-11-16-49-23-18-25(46-6)32-27-22(20-38(32)21(3)14-13-15-37(38,4)5)31-30(33(42)28(23)27)35(44)39(45)26(40(31,47-7)48-8)19-24-29(34(39)43)36(41-51-24)50-17-12-10-2/h14,18,26,42,45H,9-13,15-17,19-20H2,1-8H3/t26-,38+,39+/m0/s1. The SMILES string of the molecule is CCCCOc1noc2c1C(=O)[C@@]1(O)C(=O)c3c(c4c5c(c(OC)cc(OCCCC)c5c3O)[C@@]3(C4)C(C)=CCCC3(C)C)C(OC)(OC)[C@H]1C2. The maximum absolute atomic E-state index is 15.1. The van der Waals surface area contributed by atoms with Crippen LogP contribution in [0.25, 0.3) is 10.8 Å². The van der Waals surface area contributed by atoms with Crippen LogP contribution in [0, 0.1) is 11.3 Å². The summed E-state index contributed by atoms with van der Waals surface area (Å²) in [6.07, 6.45) is 7.55. The molecule has 7 rings (SSSR count). The molecule has 2 N–H and O–H groups in total. The van der Waals surface area contributed by atoms with E-state index in [9.17, 15) is 15.0 Å². The number of nitrogens with zero attached hydrogens (tertiary/aromatic N) is 1. The Bertz CT molecular complexity index is 1970. The van der Waals surface area contributed by atoms with Crippen molar-refractivity contribution in [3.8, 4) is 23.1 Å². The summed E-state index contributed by atoms with van der Waals surface area (Å²) in [5, 5.41) is 30.2. The van der Waals surface area contributed by atoms with Crippen LogP contribution in [-0.2, 0) is 33.5 Å². The number of unbranched alkanes of at least 4 members (excludes halogenated alkanes) is 2. The first-order valence-corrected chi connectivity index (χ1v) is 18.1. The number of benzene rings is 2. The van der Waals surface area contributed by atoms with Crippen LogP contribution in [-0.4, -0.2) is 67.1 Å². The molecule has 0 amide bonds. The van der Waals surface area contributed by atoms with Gasteiger partial charge in [0.05, 0.1) is 37.2 Å². The zero-order chi connectivity index (χ0) is 36.7. The second kappa shape index (κ2) is 12.3. The number of phenolic OH excluding ortho intramolecular Hbond substituents is 1. The van der Waals surface area contributed by atoms with Gasteiger partial charge in [0.15, 0.2) is 11.4 Å². The number of Topliss-reactive ketones (excluding diaryl/α,β-unsaturated/α-hetero) is 2. The molecule has 0 fully saturated rings. The predicted molar refractivity (Wildman–Crippen MR) is 188 cm³/mol. The number of ether oxygens (including phenoxy) is 5. The summed E-state index contributed by atoms with van der Waals surface area (Å²) in [6.45, 7) is 11.3. The fraction of sp³-hybridized carbons (Fsp3) is 0.575. The van der Waals surface area contributed by atoms with Gasteiger partial charge in [-0.15, -0.1) is 0 Å².